The fraction of sp³-hybridized carbons (Fsp3) is 0.308. The number of amides is 1. The maximum absolute atomic E-state index is 12.1. The average molecular weight is 286 g/mol. The van der Waals surface area contributed by atoms with Crippen LogP contribution in [-0.4, -0.2) is 24.9 Å². The van der Waals surface area contributed by atoms with Crippen LogP contribution in [0.3, 0.4) is 0 Å². The first-order valence-electron chi connectivity index (χ1n) is 5.90. The van der Waals surface area contributed by atoms with E-state index in [1.807, 2.05) is 0 Å². The predicted octanol–water partition coefficient (Wildman–Crippen LogP) is 2.44. The molecule has 2 N–H and O–H groups in total. The van der Waals surface area contributed by atoms with Gasteiger partial charge in [0.15, 0.2) is 0 Å². The predicted molar refractivity (Wildman–Crippen MR) is 67.3 cm³/mol. The molecule has 0 saturated carbocycles. The van der Waals surface area contributed by atoms with Crippen molar-refractivity contribution < 1.29 is 22.7 Å². The molecule has 1 atom stereocenters. The Kier molecular flexibility index (Phi) is 3.99. The minimum atomic E-state index is -4.76. The first-order valence-corrected chi connectivity index (χ1v) is 5.90. The van der Waals surface area contributed by atoms with E-state index in [-0.39, 0.29) is 17.3 Å². The summed E-state index contributed by atoms with van der Waals surface area (Å²) in [5, 5.41) is 5.50. The van der Waals surface area contributed by atoms with E-state index in [0.29, 0.717) is 13.0 Å². The van der Waals surface area contributed by atoms with Gasteiger partial charge >= 0.3 is 6.36 Å². The van der Waals surface area contributed by atoms with E-state index in [1.54, 1.807) is 0 Å². The largest absolute Gasteiger partial charge is 0.573 e. The van der Waals surface area contributed by atoms with Gasteiger partial charge in [-0.1, -0.05) is 18.2 Å². The van der Waals surface area contributed by atoms with Gasteiger partial charge in [0.25, 0.3) is 0 Å². The second kappa shape index (κ2) is 5.54. The number of rotatable bonds is 3. The molecule has 0 aromatic heterocycles. The summed E-state index contributed by atoms with van der Waals surface area (Å²) in [6.45, 7) is 4.33. The van der Waals surface area contributed by atoms with Gasteiger partial charge in [-0.15, -0.1) is 13.2 Å². The Labute approximate surface area is 113 Å². The van der Waals surface area contributed by atoms with Crippen LogP contribution < -0.4 is 15.4 Å². The topological polar surface area (TPSA) is 50.4 Å². The van der Waals surface area contributed by atoms with E-state index in [2.05, 4.69) is 21.9 Å². The van der Waals surface area contributed by atoms with Crippen LogP contribution in [0.25, 0.3) is 0 Å². The molecule has 1 aromatic carbocycles. The Bertz CT molecular complexity index is 529. The Morgan fingerprint density at radius 3 is 2.80 bits per heavy atom. The lowest BCUT2D eigenvalue weighted by Crippen LogP contribution is -2.35. The molecule has 1 amide bonds. The lowest BCUT2D eigenvalue weighted by molar-refractivity contribution is -0.274. The second-order valence-corrected chi connectivity index (χ2v) is 4.45. The molecule has 1 aliphatic heterocycles. The zero-order valence-corrected chi connectivity index (χ0v) is 10.5. The van der Waals surface area contributed by atoms with Crippen LogP contribution in [-0.2, 0) is 4.79 Å². The van der Waals surface area contributed by atoms with Gasteiger partial charge in [0.2, 0.25) is 5.91 Å². The fourth-order valence-electron chi connectivity index (χ4n) is 1.89. The number of hydrogen-bond acceptors (Lipinski definition) is 3. The summed E-state index contributed by atoms with van der Waals surface area (Å²) >= 11 is 0. The van der Waals surface area contributed by atoms with E-state index < -0.39 is 12.4 Å². The first kappa shape index (κ1) is 14.4. The standard InChI is InChI=1S/C13H13F3N2O2/c1-8-5-11(17-7-8)12(19)18-9-3-2-4-10(6-9)20-13(14,15)16/h2-4,6,11,17H,1,5,7H2,(H,18,19). The zero-order valence-electron chi connectivity index (χ0n) is 10.5. The number of carbonyl (C=O) groups is 1. The van der Waals surface area contributed by atoms with Crippen molar-refractivity contribution in [1.82, 2.24) is 5.32 Å². The van der Waals surface area contributed by atoms with Crippen molar-refractivity contribution in [1.29, 1.82) is 0 Å². The summed E-state index contributed by atoms with van der Waals surface area (Å²) in [4.78, 5) is 11.9. The number of benzene rings is 1. The Morgan fingerprint density at radius 1 is 1.45 bits per heavy atom. The van der Waals surface area contributed by atoms with Crippen molar-refractivity contribution in [2.24, 2.45) is 0 Å². The summed E-state index contributed by atoms with van der Waals surface area (Å²) in [6.07, 6.45) is -4.24. The highest BCUT2D eigenvalue weighted by atomic mass is 19.4. The molecule has 108 valence electrons. The summed E-state index contributed by atoms with van der Waals surface area (Å²) in [6, 6.07) is 4.74. The molecule has 1 aliphatic rings. The quantitative estimate of drug-likeness (QED) is 0.839. The molecule has 0 bridgehead atoms. The normalized spacial score (nSPS) is 18.9. The van der Waals surface area contributed by atoms with Crippen molar-refractivity contribution in [2.45, 2.75) is 18.8 Å². The van der Waals surface area contributed by atoms with Crippen LogP contribution in [0.5, 0.6) is 5.75 Å². The number of anilines is 1. The van der Waals surface area contributed by atoms with Crippen molar-refractivity contribution in [3.63, 3.8) is 0 Å². The number of ether oxygens (including phenoxy) is 1. The van der Waals surface area contributed by atoms with Crippen LogP contribution >= 0.6 is 0 Å². The third-order valence-electron chi connectivity index (χ3n) is 2.74. The van der Waals surface area contributed by atoms with Gasteiger partial charge < -0.3 is 15.4 Å². The van der Waals surface area contributed by atoms with Crippen LogP contribution in [0.15, 0.2) is 36.4 Å². The highest BCUT2D eigenvalue weighted by molar-refractivity contribution is 5.95. The van der Waals surface area contributed by atoms with E-state index in [1.165, 1.54) is 18.2 Å². The maximum atomic E-state index is 12.1. The van der Waals surface area contributed by atoms with Gasteiger partial charge in [-0.3, -0.25) is 4.79 Å². The molecule has 0 aliphatic carbocycles. The van der Waals surface area contributed by atoms with Crippen LogP contribution in [0.4, 0.5) is 18.9 Å². The Morgan fingerprint density at radius 2 is 2.20 bits per heavy atom. The molecule has 7 heteroatoms. The average Bonchev–Trinajstić information content (AvgIpc) is 2.74. The van der Waals surface area contributed by atoms with Crippen LogP contribution in [0.2, 0.25) is 0 Å². The molecule has 1 heterocycles. The minimum Gasteiger partial charge on any atom is -0.406 e. The van der Waals surface area contributed by atoms with Gasteiger partial charge in [-0.25, -0.2) is 0 Å². The van der Waals surface area contributed by atoms with Gasteiger partial charge in [-0.2, -0.15) is 0 Å². The van der Waals surface area contributed by atoms with Crippen LogP contribution in [0, 0.1) is 0 Å². The zero-order chi connectivity index (χ0) is 14.8. The first-order chi connectivity index (χ1) is 9.33. The molecule has 1 aromatic rings. The number of nitrogens with one attached hydrogen (secondary N) is 2. The van der Waals surface area contributed by atoms with E-state index in [4.69, 9.17) is 0 Å². The molecular weight excluding hydrogens is 273 g/mol. The molecule has 2 rings (SSSR count). The molecule has 20 heavy (non-hydrogen) atoms. The lowest BCUT2D eigenvalue weighted by Gasteiger charge is -2.13. The van der Waals surface area contributed by atoms with Crippen molar-refractivity contribution in [2.75, 3.05) is 11.9 Å². The Balaban J connectivity index is 2.01. The monoisotopic (exact) mass is 286 g/mol. The SMILES string of the molecule is C=C1CNC(C(=O)Nc2cccc(OC(F)(F)F)c2)C1. The number of halogens is 3. The van der Waals surface area contributed by atoms with E-state index in [9.17, 15) is 18.0 Å². The fourth-order valence-corrected chi connectivity index (χ4v) is 1.89. The summed E-state index contributed by atoms with van der Waals surface area (Å²) in [5.74, 6) is -0.688. The van der Waals surface area contributed by atoms with E-state index in [0.717, 1.165) is 11.6 Å². The number of alkyl halides is 3. The maximum Gasteiger partial charge on any atom is 0.573 e. The molecule has 1 fully saturated rings. The second-order valence-electron chi connectivity index (χ2n) is 4.45. The molecule has 1 unspecified atom stereocenters. The number of hydrogen-bond donors (Lipinski definition) is 2. The van der Waals surface area contributed by atoms with Crippen molar-refractivity contribution >= 4 is 11.6 Å². The molecule has 1 saturated heterocycles. The highest BCUT2D eigenvalue weighted by Crippen LogP contribution is 2.25. The van der Waals surface area contributed by atoms with Gasteiger partial charge in [0.05, 0.1) is 6.04 Å². The van der Waals surface area contributed by atoms with Crippen molar-refractivity contribution in [3.05, 3.63) is 36.4 Å². The number of carbonyl (C=O) groups excluding carboxylic acids is 1. The molecule has 4 nitrogen and oxygen atoms in total. The molecule has 0 spiro atoms. The van der Waals surface area contributed by atoms with Gasteiger partial charge in [0.1, 0.15) is 5.75 Å². The van der Waals surface area contributed by atoms with Gasteiger partial charge in [-0.05, 0) is 18.6 Å². The third-order valence-corrected chi connectivity index (χ3v) is 2.74. The summed E-state index contributed by atoms with van der Waals surface area (Å²) < 4.78 is 40.1. The van der Waals surface area contributed by atoms with Crippen LogP contribution in [0.1, 0.15) is 6.42 Å². The summed E-state index contributed by atoms with van der Waals surface area (Å²) in [5.41, 5.74) is 1.16. The minimum absolute atomic E-state index is 0.246. The third kappa shape index (κ3) is 3.99. The molecular formula is C13H13F3N2O2. The van der Waals surface area contributed by atoms with Gasteiger partial charge in [0, 0.05) is 18.3 Å². The van der Waals surface area contributed by atoms with Crippen molar-refractivity contribution in [3.8, 4) is 5.75 Å². The Hall–Kier alpha value is -2.02. The summed E-state index contributed by atoms with van der Waals surface area (Å²) in [7, 11) is 0. The molecule has 0 radical (unpaired) electrons. The smallest absolute Gasteiger partial charge is 0.406 e. The lowest BCUT2D eigenvalue weighted by atomic mass is 10.1. The van der Waals surface area contributed by atoms with E-state index >= 15 is 0 Å². The highest BCUT2D eigenvalue weighted by Gasteiger charge is 2.31.